The molecule has 0 aliphatic carbocycles. The molecule has 0 fully saturated rings. The molecule has 0 saturated heterocycles. The zero-order valence-corrected chi connectivity index (χ0v) is 22.9. The van der Waals surface area contributed by atoms with Crippen LogP contribution in [0.25, 0.3) is 66.8 Å². The van der Waals surface area contributed by atoms with Crippen molar-refractivity contribution in [3.63, 3.8) is 0 Å². The molecule has 0 bridgehead atoms. The SMILES string of the molecule is c1ccc(-c2nn(-c3ccc(-n4c5ccccc5c5ccccc54)cc3)c(-c3ccccc3)c2-c2ccccc2)cc1. The maximum Gasteiger partial charge on any atom is 0.101 e. The van der Waals surface area contributed by atoms with E-state index in [4.69, 9.17) is 5.10 Å². The van der Waals surface area contributed by atoms with Crippen molar-refractivity contribution in [3.05, 3.63) is 164 Å². The van der Waals surface area contributed by atoms with Crippen LogP contribution in [0.5, 0.6) is 0 Å². The average Bonchev–Trinajstić information content (AvgIpc) is 3.63. The second-order valence-corrected chi connectivity index (χ2v) is 10.5. The first-order valence-corrected chi connectivity index (χ1v) is 14.2. The fraction of sp³-hybridized carbons (Fsp3) is 0. The van der Waals surface area contributed by atoms with Crippen LogP contribution in [0.1, 0.15) is 0 Å². The number of nitrogens with zero attached hydrogens (tertiary/aromatic N) is 3. The van der Waals surface area contributed by atoms with Gasteiger partial charge in [-0.15, -0.1) is 0 Å². The van der Waals surface area contributed by atoms with E-state index in [1.165, 1.54) is 21.8 Å². The zero-order valence-electron chi connectivity index (χ0n) is 22.9. The van der Waals surface area contributed by atoms with Crippen LogP contribution >= 0.6 is 0 Å². The first-order valence-electron chi connectivity index (χ1n) is 14.2. The summed E-state index contributed by atoms with van der Waals surface area (Å²) in [6.45, 7) is 0. The number of para-hydroxylation sites is 2. The summed E-state index contributed by atoms with van der Waals surface area (Å²) < 4.78 is 4.45. The fourth-order valence-electron chi connectivity index (χ4n) is 6.09. The largest absolute Gasteiger partial charge is 0.309 e. The molecule has 2 aromatic heterocycles. The predicted molar refractivity (Wildman–Crippen MR) is 174 cm³/mol. The summed E-state index contributed by atoms with van der Waals surface area (Å²) in [5, 5.41) is 7.83. The Labute approximate surface area is 244 Å². The Kier molecular flexibility index (Phi) is 5.79. The number of benzene rings is 6. The van der Waals surface area contributed by atoms with E-state index in [1.807, 2.05) is 6.07 Å². The van der Waals surface area contributed by atoms with Crippen molar-refractivity contribution >= 4 is 21.8 Å². The molecule has 0 aliphatic heterocycles. The van der Waals surface area contributed by atoms with E-state index in [9.17, 15) is 0 Å². The van der Waals surface area contributed by atoms with Crippen molar-refractivity contribution in [2.45, 2.75) is 0 Å². The number of hydrogen-bond donors (Lipinski definition) is 0. The molecule has 0 unspecified atom stereocenters. The summed E-state index contributed by atoms with van der Waals surface area (Å²) in [7, 11) is 0. The lowest BCUT2D eigenvalue weighted by Gasteiger charge is -2.12. The number of rotatable bonds is 5. The maximum absolute atomic E-state index is 5.31. The third kappa shape index (κ3) is 3.94. The quantitative estimate of drug-likeness (QED) is 0.214. The van der Waals surface area contributed by atoms with Crippen LogP contribution in [0.15, 0.2) is 164 Å². The van der Waals surface area contributed by atoms with E-state index in [0.29, 0.717) is 0 Å². The zero-order chi connectivity index (χ0) is 27.9. The Morgan fingerprint density at radius 2 is 0.833 bits per heavy atom. The van der Waals surface area contributed by atoms with Gasteiger partial charge < -0.3 is 4.57 Å². The minimum atomic E-state index is 0.965. The second-order valence-electron chi connectivity index (χ2n) is 10.5. The van der Waals surface area contributed by atoms with Crippen molar-refractivity contribution in [2.75, 3.05) is 0 Å². The highest BCUT2D eigenvalue weighted by molar-refractivity contribution is 6.09. The molecule has 0 radical (unpaired) electrons. The molecule has 0 aliphatic rings. The van der Waals surface area contributed by atoms with Crippen LogP contribution in [0, 0.1) is 0 Å². The minimum Gasteiger partial charge on any atom is -0.309 e. The molecule has 0 saturated carbocycles. The van der Waals surface area contributed by atoms with Gasteiger partial charge in [-0.05, 0) is 42.0 Å². The van der Waals surface area contributed by atoms with Crippen LogP contribution < -0.4 is 0 Å². The molecule has 8 aromatic rings. The molecular weight excluding hydrogens is 510 g/mol. The van der Waals surface area contributed by atoms with E-state index < -0.39 is 0 Å². The van der Waals surface area contributed by atoms with E-state index in [-0.39, 0.29) is 0 Å². The summed E-state index contributed by atoms with van der Waals surface area (Å²) in [6, 6.07) is 57.7. The standard InChI is InChI=1S/C39H27N3/c1-4-14-28(15-5-1)37-38(29-16-6-2-7-17-29)40-42(39(37)30-18-8-3-9-19-30)32-26-24-31(25-27-32)41-35-22-12-10-20-33(35)34-21-11-13-23-36(34)41/h1-27H. The van der Waals surface area contributed by atoms with Crippen molar-refractivity contribution in [1.82, 2.24) is 14.3 Å². The summed E-state index contributed by atoms with van der Waals surface area (Å²) in [5.41, 5.74) is 11.1. The molecule has 0 amide bonds. The lowest BCUT2D eigenvalue weighted by Crippen LogP contribution is -2.01. The molecule has 3 nitrogen and oxygen atoms in total. The van der Waals surface area contributed by atoms with Gasteiger partial charge in [-0.25, -0.2) is 4.68 Å². The Morgan fingerprint density at radius 3 is 1.40 bits per heavy atom. The monoisotopic (exact) mass is 537 g/mol. The summed E-state index contributed by atoms with van der Waals surface area (Å²) in [4.78, 5) is 0. The van der Waals surface area contributed by atoms with Gasteiger partial charge in [0.25, 0.3) is 0 Å². The van der Waals surface area contributed by atoms with Crippen LogP contribution in [0.3, 0.4) is 0 Å². The van der Waals surface area contributed by atoms with Crippen LogP contribution in [0.2, 0.25) is 0 Å². The van der Waals surface area contributed by atoms with E-state index in [1.54, 1.807) is 0 Å². The molecule has 3 heteroatoms. The number of hydrogen-bond acceptors (Lipinski definition) is 1. The molecule has 6 aromatic carbocycles. The van der Waals surface area contributed by atoms with Crippen molar-refractivity contribution in [2.24, 2.45) is 0 Å². The number of aromatic nitrogens is 3. The van der Waals surface area contributed by atoms with Gasteiger partial charge in [0.15, 0.2) is 0 Å². The first-order chi connectivity index (χ1) is 20.9. The Morgan fingerprint density at radius 1 is 0.381 bits per heavy atom. The highest BCUT2D eigenvalue weighted by atomic mass is 15.3. The van der Waals surface area contributed by atoms with Crippen LogP contribution in [0.4, 0.5) is 0 Å². The third-order valence-electron chi connectivity index (χ3n) is 7.97. The maximum atomic E-state index is 5.31. The van der Waals surface area contributed by atoms with E-state index >= 15 is 0 Å². The Balaban J connectivity index is 1.36. The third-order valence-corrected chi connectivity index (χ3v) is 7.97. The van der Waals surface area contributed by atoms with Gasteiger partial charge in [0, 0.05) is 33.2 Å². The molecule has 0 spiro atoms. The molecule has 0 atom stereocenters. The lowest BCUT2D eigenvalue weighted by molar-refractivity contribution is 0.891. The van der Waals surface area contributed by atoms with Gasteiger partial charge in [0.1, 0.15) is 5.69 Å². The average molecular weight is 538 g/mol. The molecule has 42 heavy (non-hydrogen) atoms. The first kappa shape index (κ1) is 24.2. The fourth-order valence-corrected chi connectivity index (χ4v) is 6.09. The second kappa shape index (κ2) is 10.1. The highest BCUT2D eigenvalue weighted by Crippen LogP contribution is 2.41. The predicted octanol–water partition coefficient (Wildman–Crippen LogP) is 9.97. The molecular formula is C39H27N3. The van der Waals surface area contributed by atoms with Gasteiger partial charge in [-0.1, -0.05) is 127 Å². The van der Waals surface area contributed by atoms with Gasteiger partial charge in [0.2, 0.25) is 0 Å². The summed E-state index contributed by atoms with van der Waals surface area (Å²) in [6.07, 6.45) is 0. The van der Waals surface area contributed by atoms with Crippen LogP contribution in [-0.4, -0.2) is 14.3 Å². The van der Waals surface area contributed by atoms with Gasteiger partial charge in [0.05, 0.1) is 22.4 Å². The van der Waals surface area contributed by atoms with Crippen molar-refractivity contribution < 1.29 is 0 Å². The minimum absolute atomic E-state index is 0.965. The van der Waals surface area contributed by atoms with Crippen molar-refractivity contribution in [3.8, 4) is 45.0 Å². The molecule has 2 heterocycles. The normalized spacial score (nSPS) is 11.3. The smallest absolute Gasteiger partial charge is 0.101 e. The Hall–Kier alpha value is -5.67. The van der Waals surface area contributed by atoms with Crippen molar-refractivity contribution in [1.29, 1.82) is 0 Å². The van der Waals surface area contributed by atoms with E-state index in [2.05, 4.69) is 167 Å². The van der Waals surface area contributed by atoms with E-state index in [0.717, 1.165) is 45.0 Å². The molecule has 0 N–H and O–H groups in total. The summed E-state index contributed by atoms with van der Waals surface area (Å²) >= 11 is 0. The summed E-state index contributed by atoms with van der Waals surface area (Å²) in [5.74, 6) is 0. The van der Waals surface area contributed by atoms with Gasteiger partial charge >= 0.3 is 0 Å². The lowest BCUT2D eigenvalue weighted by atomic mass is 9.96. The van der Waals surface area contributed by atoms with Gasteiger partial charge in [-0.3, -0.25) is 0 Å². The molecule has 198 valence electrons. The topological polar surface area (TPSA) is 22.8 Å². The van der Waals surface area contributed by atoms with Crippen LogP contribution in [-0.2, 0) is 0 Å². The van der Waals surface area contributed by atoms with Gasteiger partial charge in [-0.2, -0.15) is 5.10 Å². The highest BCUT2D eigenvalue weighted by Gasteiger charge is 2.23. The number of fused-ring (bicyclic) bond motifs is 3. The molecule has 8 rings (SSSR count). The Bertz CT molecular complexity index is 2100.